The summed E-state index contributed by atoms with van der Waals surface area (Å²) >= 11 is 0. The molecule has 2 N–H and O–H groups in total. The highest BCUT2D eigenvalue weighted by Gasteiger charge is 2.11. The third kappa shape index (κ3) is 4.23. The third-order valence-electron chi connectivity index (χ3n) is 2.69. The first-order valence-electron chi connectivity index (χ1n) is 6.22. The maximum Gasteiger partial charge on any atom is 0.267 e. The summed E-state index contributed by atoms with van der Waals surface area (Å²) in [4.78, 5) is 11.9. The second-order valence-corrected chi connectivity index (χ2v) is 4.43. The van der Waals surface area contributed by atoms with E-state index in [-0.39, 0.29) is 12.5 Å². The van der Waals surface area contributed by atoms with E-state index in [0.29, 0.717) is 18.3 Å². The van der Waals surface area contributed by atoms with Gasteiger partial charge in [0.2, 0.25) is 0 Å². The van der Waals surface area contributed by atoms with Crippen molar-refractivity contribution in [2.24, 2.45) is 0 Å². The molecule has 0 fully saturated rings. The van der Waals surface area contributed by atoms with Gasteiger partial charge in [0.25, 0.3) is 5.91 Å². The second kappa shape index (κ2) is 7.12. The summed E-state index contributed by atoms with van der Waals surface area (Å²) in [7, 11) is 0. The van der Waals surface area contributed by atoms with Crippen molar-refractivity contribution in [1.29, 1.82) is 0 Å². The molecule has 1 aromatic rings. The highest BCUT2D eigenvalue weighted by atomic mass is 16.2. The quantitative estimate of drug-likeness (QED) is 0.713. The minimum absolute atomic E-state index is 0.0206. The molecule has 0 radical (unpaired) electrons. The van der Waals surface area contributed by atoms with Crippen molar-refractivity contribution in [1.82, 2.24) is 9.88 Å². The van der Waals surface area contributed by atoms with Crippen LogP contribution in [0.4, 0.5) is 0 Å². The van der Waals surface area contributed by atoms with Gasteiger partial charge in [0, 0.05) is 25.4 Å². The Kier molecular flexibility index (Phi) is 5.77. The second-order valence-electron chi connectivity index (χ2n) is 4.43. The first kappa shape index (κ1) is 13.8. The summed E-state index contributed by atoms with van der Waals surface area (Å²) in [6, 6.07) is 4.02. The first-order chi connectivity index (χ1) is 8.16. The van der Waals surface area contributed by atoms with Gasteiger partial charge in [-0.2, -0.15) is 0 Å². The Morgan fingerprint density at radius 3 is 2.82 bits per heavy atom. The van der Waals surface area contributed by atoms with Gasteiger partial charge in [-0.1, -0.05) is 0 Å². The Hall–Kier alpha value is -1.29. The van der Waals surface area contributed by atoms with Gasteiger partial charge >= 0.3 is 0 Å². The maximum absolute atomic E-state index is 11.9. The molecule has 4 nitrogen and oxygen atoms in total. The lowest BCUT2D eigenvalue weighted by Gasteiger charge is -2.12. The van der Waals surface area contributed by atoms with Gasteiger partial charge in [-0.05, 0) is 45.2 Å². The molecule has 0 unspecified atom stereocenters. The van der Waals surface area contributed by atoms with E-state index in [2.05, 4.69) is 19.2 Å². The van der Waals surface area contributed by atoms with E-state index in [1.807, 2.05) is 22.9 Å². The fourth-order valence-electron chi connectivity index (χ4n) is 1.74. The molecule has 1 rings (SSSR count). The number of hydrogen-bond acceptors (Lipinski definition) is 2. The number of aromatic nitrogens is 1. The van der Waals surface area contributed by atoms with Crippen LogP contribution in [0.5, 0.6) is 0 Å². The highest BCUT2D eigenvalue weighted by Crippen LogP contribution is 2.10. The van der Waals surface area contributed by atoms with Gasteiger partial charge in [0.1, 0.15) is 5.69 Å². The van der Waals surface area contributed by atoms with E-state index in [0.717, 1.165) is 19.3 Å². The molecule has 0 aromatic carbocycles. The molecule has 0 atom stereocenters. The van der Waals surface area contributed by atoms with Gasteiger partial charge in [-0.25, -0.2) is 0 Å². The topological polar surface area (TPSA) is 54.3 Å². The number of hydrogen-bond donors (Lipinski definition) is 2. The van der Waals surface area contributed by atoms with Crippen LogP contribution < -0.4 is 5.32 Å². The van der Waals surface area contributed by atoms with Crippen molar-refractivity contribution in [2.45, 2.75) is 39.2 Å². The molecule has 17 heavy (non-hydrogen) atoms. The molecule has 0 aliphatic heterocycles. The van der Waals surface area contributed by atoms with Gasteiger partial charge in [-0.3, -0.25) is 4.79 Å². The average molecular weight is 238 g/mol. The molecule has 1 amide bonds. The molecule has 0 aliphatic carbocycles. The lowest BCUT2D eigenvalue weighted by molar-refractivity contribution is 0.0942. The van der Waals surface area contributed by atoms with Crippen molar-refractivity contribution in [3.05, 3.63) is 24.0 Å². The first-order valence-corrected chi connectivity index (χ1v) is 6.22. The Bertz CT molecular complexity index is 345. The van der Waals surface area contributed by atoms with Crippen molar-refractivity contribution < 1.29 is 9.90 Å². The highest BCUT2D eigenvalue weighted by molar-refractivity contribution is 5.92. The Balaban J connectivity index is 2.39. The predicted octanol–water partition coefficient (Wildman–Crippen LogP) is 1.96. The number of rotatable bonds is 7. The summed E-state index contributed by atoms with van der Waals surface area (Å²) < 4.78 is 1.96. The molecule has 0 aliphatic rings. The van der Waals surface area contributed by atoms with Crippen LogP contribution in [0.25, 0.3) is 0 Å². The molecular weight excluding hydrogens is 216 g/mol. The lowest BCUT2D eigenvalue weighted by Crippen LogP contribution is -2.27. The van der Waals surface area contributed by atoms with Gasteiger partial charge in [-0.15, -0.1) is 0 Å². The summed E-state index contributed by atoms with van der Waals surface area (Å²) in [5.41, 5.74) is 0.710. The number of nitrogens with zero attached hydrogens (tertiary/aromatic N) is 1. The van der Waals surface area contributed by atoms with Crippen LogP contribution in [-0.2, 0) is 0 Å². The Labute approximate surface area is 103 Å². The van der Waals surface area contributed by atoms with Crippen LogP contribution in [0.2, 0.25) is 0 Å². The summed E-state index contributed by atoms with van der Waals surface area (Å²) in [6.07, 6.45) is 4.58. The fraction of sp³-hybridized carbons (Fsp3) is 0.615. The Morgan fingerprint density at radius 2 is 2.18 bits per heavy atom. The lowest BCUT2D eigenvalue weighted by atomic mass is 10.2. The fourth-order valence-corrected chi connectivity index (χ4v) is 1.74. The predicted molar refractivity (Wildman–Crippen MR) is 68.1 cm³/mol. The maximum atomic E-state index is 11.9. The van der Waals surface area contributed by atoms with Crippen LogP contribution in [0.15, 0.2) is 18.3 Å². The van der Waals surface area contributed by atoms with E-state index in [9.17, 15) is 4.79 Å². The minimum atomic E-state index is -0.0206. The van der Waals surface area contributed by atoms with E-state index in [1.54, 1.807) is 0 Å². The number of unbranched alkanes of at least 4 members (excludes halogenated alkanes) is 2. The molecule has 4 heteroatoms. The molecule has 1 aromatic heterocycles. The molecule has 0 spiro atoms. The monoisotopic (exact) mass is 238 g/mol. The molecule has 96 valence electrons. The summed E-state index contributed by atoms with van der Waals surface area (Å²) in [5.74, 6) is -0.0206. The molecule has 1 heterocycles. The van der Waals surface area contributed by atoms with Crippen molar-refractivity contribution in [3.8, 4) is 0 Å². The number of amides is 1. The van der Waals surface area contributed by atoms with Crippen LogP contribution in [0.3, 0.4) is 0 Å². The summed E-state index contributed by atoms with van der Waals surface area (Å²) in [5, 5.41) is 11.5. The van der Waals surface area contributed by atoms with E-state index < -0.39 is 0 Å². The number of aliphatic hydroxyl groups is 1. The van der Waals surface area contributed by atoms with Crippen LogP contribution in [0.1, 0.15) is 49.6 Å². The SMILES string of the molecule is CC(C)n1cccc1C(=O)NCCCCCO. The van der Waals surface area contributed by atoms with Gasteiger partial charge < -0.3 is 15.0 Å². The summed E-state index contributed by atoms with van der Waals surface area (Å²) in [6.45, 7) is 5.00. The van der Waals surface area contributed by atoms with Crippen LogP contribution >= 0.6 is 0 Å². The van der Waals surface area contributed by atoms with Gasteiger partial charge in [0.05, 0.1) is 0 Å². The van der Waals surface area contributed by atoms with E-state index in [4.69, 9.17) is 5.11 Å². The zero-order valence-corrected chi connectivity index (χ0v) is 10.6. The van der Waals surface area contributed by atoms with Crippen LogP contribution in [-0.4, -0.2) is 28.7 Å². The minimum Gasteiger partial charge on any atom is -0.396 e. The van der Waals surface area contributed by atoms with Crippen molar-refractivity contribution >= 4 is 5.91 Å². The number of carbonyl (C=O) groups is 1. The van der Waals surface area contributed by atoms with Crippen LogP contribution in [0, 0.1) is 0 Å². The molecule has 0 saturated heterocycles. The van der Waals surface area contributed by atoms with Crippen molar-refractivity contribution in [2.75, 3.05) is 13.2 Å². The number of carbonyl (C=O) groups excluding carboxylic acids is 1. The smallest absolute Gasteiger partial charge is 0.267 e. The largest absolute Gasteiger partial charge is 0.396 e. The zero-order valence-electron chi connectivity index (χ0n) is 10.6. The number of aliphatic hydroxyl groups excluding tert-OH is 1. The molecule has 0 saturated carbocycles. The van der Waals surface area contributed by atoms with Gasteiger partial charge in [0.15, 0.2) is 0 Å². The van der Waals surface area contributed by atoms with E-state index in [1.165, 1.54) is 0 Å². The Morgan fingerprint density at radius 1 is 1.41 bits per heavy atom. The van der Waals surface area contributed by atoms with Crippen molar-refractivity contribution in [3.63, 3.8) is 0 Å². The van der Waals surface area contributed by atoms with E-state index >= 15 is 0 Å². The normalized spacial score (nSPS) is 10.8. The third-order valence-corrected chi connectivity index (χ3v) is 2.69. The number of nitrogens with one attached hydrogen (secondary N) is 1. The molecule has 0 bridgehead atoms. The molecular formula is C13H22N2O2. The zero-order chi connectivity index (χ0) is 12.7. The standard InChI is InChI=1S/C13H22N2O2/c1-11(2)15-9-6-7-12(15)13(17)14-8-4-3-5-10-16/h6-7,9,11,16H,3-5,8,10H2,1-2H3,(H,14,17). The average Bonchev–Trinajstić information content (AvgIpc) is 2.77.